The highest BCUT2D eigenvalue weighted by Crippen LogP contribution is 2.32. The van der Waals surface area contributed by atoms with Crippen LogP contribution in [0.3, 0.4) is 0 Å². The summed E-state index contributed by atoms with van der Waals surface area (Å²) in [6, 6.07) is 9.30. The van der Waals surface area contributed by atoms with E-state index in [0.29, 0.717) is 11.1 Å². The maximum absolute atomic E-state index is 12.8. The van der Waals surface area contributed by atoms with E-state index < -0.39 is 42.2 Å². The molecule has 2 atom stereocenters. The lowest BCUT2D eigenvalue weighted by Gasteiger charge is -2.19. The number of benzene rings is 2. The third-order valence-corrected chi connectivity index (χ3v) is 3.94. The van der Waals surface area contributed by atoms with E-state index in [-0.39, 0.29) is 5.56 Å². The van der Waals surface area contributed by atoms with Crippen molar-refractivity contribution in [3.05, 3.63) is 59.7 Å². The van der Waals surface area contributed by atoms with Gasteiger partial charge < -0.3 is 15.5 Å². The molecular formula is C19H18F3NO4. The van der Waals surface area contributed by atoms with Crippen LogP contribution in [0.4, 0.5) is 13.2 Å². The molecule has 2 aromatic carbocycles. The van der Waals surface area contributed by atoms with Crippen LogP contribution in [-0.2, 0) is 11.0 Å². The van der Waals surface area contributed by atoms with E-state index in [0.717, 1.165) is 12.1 Å². The molecule has 27 heavy (non-hydrogen) atoms. The van der Waals surface area contributed by atoms with Crippen LogP contribution in [0.5, 0.6) is 0 Å². The zero-order valence-corrected chi connectivity index (χ0v) is 14.3. The van der Waals surface area contributed by atoms with Gasteiger partial charge in [0, 0.05) is 5.56 Å². The second-order valence-corrected chi connectivity index (χ2v) is 5.97. The summed E-state index contributed by atoms with van der Waals surface area (Å²) >= 11 is 0. The van der Waals surface area contributed by atoms with E-state index >= 15 is 0 Å². The number of amides is 1. The number of ketones is 1. The Bertz CT molecular complexity index is 816. The van der Waals surface area contributed by atoms with E-state index in [1.165, 1.54) is 43.3 Å². The SMILES string of the molecule is C[C@H](O)[C@@H](NC(=O)c1ccc(-c2cccc(C(F)(F)F)c2)cc1)C(=O)CO. The fraction of sp³-hybridized carbons (Fsp3) is 0.263. The highest BCUT2D eigenvalue weighted by molar-refractivity contribution is 5.98. The van der Waals surface area contributed by atoms with E-state index in [1.54, 1.807) is 0 Å². The summed E-state index contributed by atoms with van der Waals surface area (Å²) in [6.07, 6.45) is -5.65. The lowest BCUT2D eigenvalue weighted by Crippen LogP contribution is -2.48. The lowest BCUT2D eigenvalue weighted by molar-refractivity contribution is -0.137. The van der Waals surface area contributed by atoms with Crippen LogP contribution < -0.4 is 5.32 Å². The highest BCUT2D eigenvalue weighted by atomic mass is 19.4. The molecule has 0 radical (unpaired) electrons. The molecule has 1 amide bonds. The average Bonchev–Trinajstić information content (AvgIpc) is 2.64. The van der Waals surface area contributed by atoms with Gasteiger partial charge in [-0.25, -0.2) is 0 Å². The molecule has 0 aliphatic rings. The second-order valence-electron chi connectivity index (χ2n) is 5.97. The normalized spacial score (nSPS) is 13.7. The minimum Gasteiger partial charge on any atom is -0.391 e. The summed E-state index contributed by atoms with van der Waals surface area (Å²) in [4.78, 5) is 23.8. The quantitative estimate of drug-likeness (QED) is 0.717. The van der Waals surface area contributed by atoms with Gasteiger partial charge in [-0.1, -0.05) is 24.3 Å². The Balaban J connectivity index is 2.20. The van der Waals surface area contributed by atoms with Crippen molar-refractivity contribution in [3.63, 3.8) is 0 Å². The summed E-state index contributed by atoms with van der Waals surface area (Å²) in [5.74, 6) is -1.39. The van der Waals surface area contributed by atoms with Crippen LogP contribution in [0.25, 0.3) is 11.1 Å². The highest BCUT2D eigenvalue weighted by Gasteiger charge is 2.30. The fourth-order valence-electron chi connectivity index (χ4n) is 2.48. The number of aliphatic hydroxyl groups excluding tert-OH is 2. The molecule has 2 rings (SSSR count). The van der Waals surface area contributed by atoms with Crippen LogP contribution in [0.15, 0.2) is 48.5 Å². The Kier molecular flexibility index (Phi) is 6.35. The number of hydrogen-bond donors (Lipinski definition) is 3. The first-order valence-corrected chi connectivity index (χ1v) is 8.03. The Labute approximate surface area is 153 Å². The fourth-order valence-corrected chi connectivity index (χ4v) is 2.48. The van der Waals surface area contributed by atoms with Crippen molar-refractivity contribution in [3.8, 4) is 11.1 Å². The largest absolute Gasteiger partial charge is 0.416 e. The number of hydrogen-bond acceptors (Lipinski definition) is 4. The van der Waals surface area contributed by atoms with Gasteiger partial charge in [0.15, 0.2) is 5.78 Å². The first-order chi connectivity index (χ1) is 12.6. The molecule has 0 aliphatic carbocycles. The van der Waals surface area contributed by atoms with Gasteiger partial charge in [-0.15, -0.1) is 0 Å². The number of aliphatic hydroxyl groups is 2. The summed E-state index contributed by atoms with van der Waals surface area (Å²) < 4.78 is 38.4. The molecule has 0 aliphatic heterocycles. The second kappa shape index (κ2) is 8.32. The van der Waals surface area contributed by atoms with Crippen molar-refractivity contribution in [1.29, 1.82) is 0 Å². The molecule has 0 aromatic heterocycles. The molecule has 144 valence electrons. The van der Waals surface area contributed by atoms with Crippen molar-refractivity contribution in [1.82, 2.24) is 5.32 Å². The lowest BCUT2D eigenvalue weighted by atomic mass is 10.0. The van der Waals surface area contributed by atoms with Gasteiger partial charge in [-0.05, 0) is 42.3 Å². The monoisotopic (exact) mass is 381 g/mol. The van der Waals surface area contributed by atoms with Gasteiger partial charge in [0.2, 0.25) is 0 Å². The zero-order valence-electron chi connectivity index (χ0n) is 14.3. The van der Waals surface area contributed by atoms with E-state index in [2.05, 4.69) is 5.32 Å². The number of alkyl halides is 3. The van der Waals surface area contributed by atoms with Gasteiger partial charge in [0.1, 0.15) is 12.6 Å². The number of nitrogens with one attached hydrogen (secondary N) is 1. The Morgan fingerprint density at radius 1 is 1.07 bits per heavy atom. The van der Waals surface area contributed by atoms with E-state index in [4.69, 9.17) is 5.11 Å². The summed E-state index contributed by atoms with van der Waals surface area (Å²) in [5.41, 5.74) is 0.205. The van der Waals surface area contributed by atoms with Crippen molar-refractivity contribution in [2.75, 3.05) is 6.61 Å². The molecule has 0 spiro atoms. The van der Waals surface area contributed by atoms with Gasteiger partial charge in [0.05, 0.1) is 11.7 Å². The smallest absolute Gasteiger partial charge is 0.391 e. The standard InChI is InChI=1S/C19H18F3NO4/c1-11(25)17(16(26)10-24)23-18(27)13-7-5-12(6-8-13)14-3-2-4-15(9-14)19(20,21)22/h2-9,11,17,24-25H,10H2,1H3,(H,23,27)/t11-,17+/m0/s1. The first kappa shape index (κ1) is 20.6. The third kappa shape index (κ3) is 5.15. The Morgan fingerprint density at radius 3 is 2.22 bits per heavy atom. The predicted molar refractivity (Wildman–Crippen MR) is 91.9 cm³/mol. The van der Waals surface area contributed by atoms with Gasteiger partial charge in [-0.2, -0.15) is 13.2 Å². The molecule has 0 saturated heterocycles. The summed E-state index contributed by atoms with van der Waals surface area (Å²) in [7, 11) is 0. The molecule has 0 bridgehead atoms. The Hall–Kier alpha value is -2.71. The zero-order chi connectivity index (χ0) is 20.2. The number of carbonyl (C=O) groups is 2. The summed E-state index contributed by atoms with van der Waals surface area (Å²) in [5, 5.41) is 20.8. The van der Waals surface area contributed by atoms with Gasteiger partial charge in [0.25, 0.3) is 5.91 Å². The van der Waals surface area contributed by atoms with Crippen LogP contribution >= 0.6 is 0 Å². The van der Waals surface area contributed by atoms with Gasteiger partial charge >= 0.3 is 6.18 Å². The van der Waals surface area contributed by atoms with Crippen molar-refractivity contribution < 1.29 is 33.0 Å². The molecule has 3 N–H and O–H groups in total. The van der Waals surface area contributed by atoms with Crippen molar-refractivity contribution in [2.24, 2.45) is 0 Å². The maximum atomic E-state index is 12.8. The van der Waals surface area contributed by atoms with E-state index in [9.17, 15) is 27.9 Å². The van der Waals surface area contributed by atoms with Crippen LogP contribution in [0.1, 0.15) is 22.8 Å². The molecule has 0 saturated carbocycles. The average molecular weight is 381 g/mol. The van der Waals surface area contributed by atoms with Crippen LogP contribution in [0, 0.1) is 0 Å². The number of carbonyl (C=O) groups excluding carboxylic acids is 2. The maximum Gasteiger partial charge on any atom is 0.416 e. The van der Waals surface area contributed by atoms with E-state index in [1.807, 2.05) is 0 Å². The van der Waals surface area contributed by atoms with Crippen molar-refractivity contribution >= 4 is 11.7 Å². The topological polar surface area (TPSA) is 86.6 Å². The van der Waals surface area contributed by atoms with Gasteiger partial charge in [-0.3, -0.25) is 9.59 Å². The minimum atomic E-state index is -4.45. The van der Waals surface area contributed by atoms with Crippen molar-refractivity contribution in [2.45, 2.75) is 25.2 Å². The molecular weight excluding hydrogens is 363 g/mol. The molecule has 8 heteroatoms. The first-order valence-electron chi connectivity index (χ1n) is 8.03. The molecule has 2 aromatic rings. The van der Waals surface area contributed by atoms with Crippen LogP contribution in [0.2, 0.25) is 0 Å². The summed E-state index contributed by atoms with van der Waals surface area (Å²) in [6.45, 7) is 0.472. The Morgan fingerprint density at radius 2 is 1.70 bits per heavy atom. The molecule has 0 unspecified atom stereocenters. The van der Waals surface area contributed by atoms with Crippen LogP contribution in [-0.4, -0.2) is 40.7 Å². The molecule has 0 fully saturated rings. The molecule has 5 nitrogen and oxygen atoms in total. The predicted octanol–water partition coefficient (Wildman–Crippen LogP) is 2.41. The number of rotatable bonds is 6. The number of Topliss-reactive ketones (excluding diaryl/α,β-unsaturated/α-hetero) is 1. The third-order valence-electron chi connectivity index (χ3n) is 3.94. The minimum absolute atomic E-state index is 0.155. The number of halogens is 3. The molecule has 0 heterocycles.